The summed E-state index contributed by atoms with van der Waals surface area (Å²) in [6.07, 6.45) is 1.82. The topological polar surface area (TPSA) is 46.2 Å². The fourth-order valence-electron chi connectivity index (χ4n) is 1.59. The monoisotopic (exact) mass is 205 g/mol. The van der Waals surface area contributed by atoms with E-state index in [0.29, 0.717) is 17.4 Å². The third-order valence-electron chi connectivity index (χ3n) is 2.28. The largest absolute Gasteiger partial charge is 0.313 e. The Morgan fingerprint density at radius 1 is 1.46 bits per heavy atom. The van der Waals surface area contributed by atoms with E-state index in [0.717, 1.165) is 19.4 Å². The lowest BCUT2D eigenvalue weighted by atomic mass is 10.1. The van der Waals surface area contributed by atoms with Crippen LogP contribution in [0.1, 0.15) is 26.7 Å². The first-order valence-corrected chi connectivity index (χ1v) is 6.75. The van der Waals surface area contributed by atoms with Gasteiger partial charge in [-0.05, 0) is 25.3 Å². The Bertz CT molecular complexity index is 246. The summed E-state index contributed by atoms with van der Waals surface area (Å²) in [5, 5.41) is 3.30. The Labute approximate surface area is 80.8 Å². The minimum atomic E-state index is -2.74. The highest BCUT2D eigenvalue weighted by Crippen LogP contribution is 2.12. The molecule has 0 radical (unpaired) electrons. The van der Waals surface area contributed by atoms with Crippen LogP contribution >= 0.6 is 0 Å². The summed E-state index contributed by atoms with van der Waals surface area (Å²) in [7, 11) is -2.74. The summed E-state index contributed by atoms with van der Waals surface area (Å²) in [5.41, 5.74) is 0. The average molecular weight is 205 g/mol. The van der Waals surface area contributed by atoms with E-state index < -0.39 is 9.84 Å². The fourth-order valence-corrected chi connectivity index (χ4v) is 3.26. The quantitative estimate of drug-likeness (QED) is 0.741. The summed E-state index contributed by atoms with van der Waals surface area (Å²) in [5.74, 6) is 1.30. The van der Waals surface area contributed by atoms with Crippen LogP contribution in [0.5, 0.6) is 0 Å². The maximum atomic E-state index is 11.3. The van der Waals surface area contributed by atoms with Gasteiger partial charge in [0.1, 0.15) is 0 Å². The summed E-state index contributed by atoms with van der Waals surface area (Å²) < 4.78 is 22.5. The van der Waals surface area contributed by atoms with E-state index in [1.165, 1.54) is 0 Å². The summed E-state index contributed by atoms with van der Waals surface area (Å²) in [4.78, 5) is 0. The standard InChI is InChI=1S/C9H19NO2S/c1-8(2)6-10-9-4-3-5-13(11,12)7-9/h8-10H,3-7H2,1-2H3. The highest BCUT2D eigenvalue weighted by molar-refractivity contribution is 7.91. The van der Waals surface area contributed by atoms with Crippen LogP contribution in [-0.2, 0) is 9.84 Å². The molecule has 0 aromatic heterocycles. The van der Waals surface area contributed by atoms with Crippen LogP contribution in [-0.4, -0.2) is 32.5 Å². The van der Waals surface area contributed by atoms with Gasteiger partial charge in [-0.2, -0.15) is 0 Å². The van der Waals surface area contributed by atoms with E-state index in [9.17, 15) is 8.42 Å². The molecule has 1 unspecified atom stereocenters. The fraction of sp³-hybridized carbons (Fsp3) is 1.00. The SMILES string of the molecule is CC(C)CNC1CCCS(=O)(=O)C1. The van der Waals surface area contributed by atoms with Gasteiger partial charge >= 0.3 is 0 Å². The Balaban J connectivity index is 2.35. The van der Waals surface area contributed by atoms with Crippen LogP contribution in [0.15, 0.2) is 0 Å². The van der Waals surface area contributed by atoms with Gasteiger partial charge in [-0.1, -0.05) is 13.8 Å². The maximum absolute atomic E-state index is 11.3. The third kappa shape index (κ3) is 4.09. The van der Waals surface area contributed by atoms with Crippen LogP contribution in [0.2, 0.25) is 0 Å². The molecule has 3 nitrogen and oxygen atoms in total. The number of sulfone groups is 1. The Kier molecular flexibility index (Phi) is 3.74. The second-order valence-electron chi connectivity index (χ2n) is 4.26. The van der Waals surface area contributed by atoms with Crippen LogP contribution in [0, 0.1) is 5.92 Å². The Hall–Kier alpha value is -0.0900. The van der Waals surface area contributed by atoms with Crippen molar-refractivity contribution in [2.75, 3.05) is 18.1 Å². The second-order valence-corrected chi connectivity index (χ2v) is 6.48. The van der Waals surface area contributed by atoms with Crippen molar-refractivity contribution in [1.82, 2.24) is 5.32 Å². The lowest BCUT2D eigenvalue weighted by molar-refractivity contribution is 0.446. The summed E-state index contributed by atoms with van der Waals surface area (Å²) >= 11 is 0. The minimum absolute atomic E-state index is 0.196. The molecular formula is C9H19NO2S. The highest BCUT2D eigenvalue weighted by Gasteiger charge is 2.23. The van der Waals surface area contributed by atoms with E-state index in [-0.39, 0.29) is 6.04 Å². The smallest absolute Gasteiger partial charge is 0.151 e. The Morgan fingerprint density at radius 3 is 2.69 bits per heavy atom. The van der Waals surface area contributed by atoms with Gasteiger partial charge in [0.05, 0.1) is 11.5 Å². The highest BCUT2D eigenvalue weighted by atomic mass is 32.2. The van der Waals surface area contributed by atoms with Crippen molar-refractivity contribution in [2.45, 2.75) is 32.7 Å². The van der Waals surface area contributed by atoms with Gasteiger partial charge in [0.15, 0.2) is 9.84 Å². The van der Waals surface area contributed by atoms with Crippen LogP contribution < -0.4 is 5.32 Å². The molecule has 0 aromatic rings. The van der Waals surface area contributed by atoms with Crippen LogP contribution in [0.25, 0.3) is 0 Å². The van der Waals surface area contributed by atoms with E-state index in [1.807, 2.05) is 0 Å². The normalized spacial score (nSPS) is 27.8. The zero-order valence-electron chi connectivity index (χ0n) is 8.41. The molecule has 4 heteroatoms. The van der Waals surface area contributed by atoms with Crippen LogP contribution in [0.3, 0.4) is 0 Å². The van der Waals surface area contributed by atoms with Gasteiger partial charge in [-0.3, -0.25) is 0 Å². The van der Waals surface area contributed by atoms with Gasteiger partial charge in [0, 0.05) is 6.04 Å². The van der Waals surface area contributed by atoms with E-state index >= 15 is 0 Å². The molecule has 1 saturated heterocycles. The minimum Gasteiger partial charge on any atom is -0.313 e. The number of nitrogens with one attached hydrogen (secondary N) is 1. The predicted octanol–water partition coefficient (Wildman–Crippen LogP) is 0.809. The van der Waals surface area contributed by atoms with Crippen molar-refractivity contribution in [2.24, 2.45) is 5.92 Å². The molecule has 1 fully saturated rings. The maximum Gasteiger partial charge on any atom is 0.151 e. The number of hydrogen-bond donors (Lipinski definition) is 1. The molecule has 13 heavy (non-hydrogen) atoms. The zero-order chi connectivity index (χ0) is 9.90. The van der Waals surface area contributed by atoms with Gasteiger partial charge in [0.2, 0.25) is 0 Å². The van der Waals surface area contributed by atoms with Gasteiger partial charge in [0.25, 0.3) is 0 Å². The Morgan fingerprint density at radius 2 is 2.15 bits per heavy atom. The van der Waals surface area contributed by atoms with Crippen molar-refractivity contribution < 1.29 is 8.42 Å². The molecule has 0 bridgehead atoms. The molecule has 1 atom stereocenters. The molecule has 1 aliphatic rings. The number of hydrogen-bond acceptors (Lipinski definition) is 3. The summed E-state index contributed by atoms with van der Waals surface area (Å²) in [6, 6.07) is 0.196. The van der Waals surface area contributed by atoms with Crippen LogP contribution in [0.4, 0.5) is 0 Å². The third-order valence-corrected chi connectivity index (χ3v) is 4.10. The van der Waals surface area contributed by atoms with Crippen molar-refractivity contribution in [1.29, 1.82) is 0 Å². The van der Waals surface area contributed by atoms with Crippen molar-refractivity contribution in [3.8, 4) is 0 Å². The van der Waals surface area contributed by atoms with Gasteiger partial charge < -0.3 is 5.32 Å². The van der Waals surface area contributed by atoms with E-state index in [4.69, 9.17) is 0 Å². The molecule has 0 aliphatic carbocycles. The zero-order valence-corrected chi connectivity index (χ0v) is 9.23. The molecule has 0 saturated carbocycles. The lowest BCUT2D eigenvalue weighted by Gasteiger charge is -2.23. The molecule has 78 valence electrons. The van der Waals surface area contributed by atoms with E-state index in [2.05, 4.69) is 19.2 Å². The lowest BCUT2D eigenvalue weighted by Crippen LogP contribution is -2.41. The van der Waals surface area contributed by atoms with Gasteiger partial charge in [-0.25, -0.2) is 8.42 Å². The molecule has 1 rings (SSSR count). The molecule has 0 amide bonds. The molecule has 1 N–H and O–H groups in total. The predicted molar refractivity (Wildman–Crippen MR) is 54.5 cm³/mol. The first-order chi connectivity index (χ1) is 5.99. The van der Waals surface area contributed by atoms with Crippen molar-refractivity contribution >= 4 is 9.84 Å². The molecule has 1 aliphatic heterocycles. The average Bonchev–Trinajstić information content (AvgIpc) is 1.99. The molecular weight excluding hydrogens is 186 g/mol. The molecule has 0 spiro atoms. The summed E-state index contributed by atoms with van der Waals surface area (Å²) in [6.45, 7) is 5.18. The van der Waals surface area contributed by atoms with Gasteiger partial charge in [-0.15, -0.1) is 0 Å². The number of rotatable bonds is 3. The first-order valence-electron chi connectivity index (χ1n) is 4.93. The van der Waals surface area contributed by atoms with E-state index in [1.54, 1.807) is 0 Å². The molecule has 1 heterocycles. The first kappa shape index (κ1) is 11.0. The van der Waals surface area contributed by atoms with Crippen molar-refractivity contribution in [3.05, 3.63) is 0 Å². The van der Waals surface area contributed by atoms with Crippen molar-refractivity contribution in [3.63, 3.8) is 0 Å². The second kappa shape index (κ2) is 4.42. The molecule has 0 aromatic carbocycles.